The second kappa shape index (κ2) is 10.3. The van der Waals surface area contributed by atoms with Gasteiger partial charge in [0.15, 0.2) is 11.8 Å². The minimum atomic E-state index is -4.82. The molecule has 2 aromatic carbocycles. The normalized spacial score (nSPS) is 16.6. The van der Waals surface area contributed by atoms with Gasteiger partial charge in [-0.05, 0) is 34.9 Å². The molecule has 2 aromatic rings. The van der Waals surface area contributed by atoms with Crippen LogP contribution in [0.3, 0.4) is 0 Å². The van der Waals surface area contributed by atoms with Crippen LogP contribution in [0.5, 0.6) is 5.75 Å². The SMILES string of the molecule is CN1C=CC(=O)C(NC(=O)N[C@@H](CC(=O)O)c2cccc(-c3ccc(OC(F)(F)F)cc3)c2)C1=O. The number of alkyl halides is 3. The number of benzene rings is 2. The van der Waals surface area contributed by atoms with Crippen molar-refractivity contribution in [3.63, 3.8) is 0 Å². The van der Waals surface area contributed by atoms with Crippen LogP contribution in [0.15, 0.2) is 60.8 Å². The number of hydrogen-bond acceptors (Lipinski definition) is 5. The number of halogens is 3. The van der Waals surface area contributed by atoms with Gasteiger partial charge in [-0.25, -0.2) is 4.79 Å². The number of ketones is 1. The smallest absolute Gasteiger partial charge is 0.481 e. The fraction of sp³-hybridized carbons (Fsp3) is 0.217. The number of carboxylic acid groups (broad SMARTS) is 1. The maximum absolute atomic E-state index is 12.5. The van der Waals surface area contributed by atoms with E-state index in [1.54, 1.807) is 24.3 Å². The Morgan fingerprint density at radius 3 is 2.43 bits per heavy atom. The van der Waals surface area contributed by atoms with E-state index in [0.29, 0.717) is 16.7 Å². The number of aliphatic carboxylic acids is 1. The fourth-order valence-corrected chi connectivity index (χ4v) is 3.36. The number of nitrogens with one attached hydrogen (secondary N) is 2. The average Bonchev–Trinajstić information content (AvgIpc) is 2.78. The molecule has 3 amide bonds. The maximum Gasteiger partial charge on any atom is 0.573 e. The number of carbonyl (C=O) groups excluding carboxylic acids is 3. The molecule has 1 aliphatic heterocycles. The first-order chi connectivity index (χ1) is 16.4. The van der Waals surface area contributed by atoms with E-state index in [2.05, 4.69) is 15.4 Å². The van der Waals surface area contributed by atoms with E-state index in [1.165, 1.54) is 25.4 Å². The van der Waals surface area contributed by atoms with Crippen molar-refractivity contribution in [1.29, 1.82) is 0 Å². The summed E-state index contributed by atoms with van der Waals surface area (Å²) in [6.07, 6.45) is -2.94. The highest BCUT2D eigenvalue weighted by Crippen LogP contribution is 2.28. The Balaban J connectivity index is 1.78. The number of urea groups is 1. The Morgan fingerprint density at radius 1 is 1.11 bits per heavy atom. The fourth-order valence-electron chi connectivity index (χ4n) is 3.36. The zero-order chi connectivity index (χ0) is 25.8. The molecule has 0 spiro atoms. The van der Waals surface area contributed by atoms with Gasteiger partial charge in [0, 0.05) is 19.3 Å². The molecule has 0 aliphatic carbocycles. The maximum atomic E-state index is 12.5. The first kappa shape index (κ1) is 25.3. The quantitative estimate of drug-likeness (QED) is 0.512. The second-order valence-electron chi connectivity index (χ2n) is 7.57. The van der Waals surface area contributed by atoms with Crippen LogP contribution in [0.4, 0.5) is 18.0 Å². The van der Waals surface area contributed by atoms with Crippen molar-refractivity contribution in [3.05, 3.63) is 66.4 Å². The van der Waals surface area contributed by atoms with E-state index in [0.717, 1.165) is 23.1 Å². The van der Waals surface area contributed by atoms with Gasteiger partial charge in [0.05, 0.1) is 12.5 Å². The minimum absolute atomic E-state index is 0.383. The summed E-state index contributed by atoms with van der Waals surface area (Å²) in [6, 6.07) is 8.04. The van der Waals surface area contributed by atoms with Crippen molar-refractivity contribution < 1.29 is 42.2 Å². The molecule has 1 aliphatic rings. The number of rotatable bonds is 7. The lowest BCUT2D eigenvalue weighted by Crippen LogP contribution is -2.55. The first-order valence-corrected chi connectivity index (χ1v) is 10.2. The number of carbonyl (C=O) groups is 4. The number of carboxylic acids is 1. The Labute approximate surface area is 197 Å². The average molecular weight is 491 g/mol. The number of hydrogen-bond donors (Lipinski definition) is 3. The topological polar surface area (TPSA) is 125 Å². The Kier molecular flexibility index (Phi) is 7.43. The molecule has 35 heavy (non-hydrogen) atoms. The molecule has 184 valence electrons. The monoisotopic (exact) mass is 491 g/mol. The van der Waals surface area contributed by atoms with Crippen molar-refractivity contribution in [2.45, 2.75) is 24.9 Å². The van der Waals surface area contributed by atoms with E-state index >= 15 is 0 Å². The van der Waals surface area contributed by atoms with Gasteiger partial charge < -0.3 is 25.4 Å². The summed E-state index contributed by atoms with van der Waals surface area (Å²) < 4.78 is 41.0. The Hall–Kier alpha value is -4.35. The van der Waals surface area contributed by atoms with Gasteiger partial charge in [0.25, 0.3) is 5.91 Å². The van der Waals surface area contributed by atoms with Gasteiger partial charge in [-0.3, -0.25) is 14.4 Å². The van der Waals surface area contributed by atoms with Gasteiger partial charge in [-0.15, -0.1) is 13.2 Å². The first-order valence-electron chi connectivity index (χ1n) is 10.2. The second-order valence-corrected chi connectivity index (χ2v) is 7.57. The number of amides is 3. The summed E-state index contributed by atoms with van der Waals surface area (Å²) >= 11 is 0. The predicted octanol–water partition coefficient (Wildman–Crippen LogP) is 2.99. The molecule has 1 heterocycles. The summed E-state index contributed by atoms with van der Waals surface area (Å²) in [5.41, 5.74) is 1.45. The van der Waals surface area contributed by atoms with E-state index in [1.807, 2.05) is 0 Å². The largest absolute Gasteiger partial charge is 0.573 e. The van der Waals surface area contributed by atoms with Gasteiger partial charge >= 0.3 is 18.4 Å². The highest BCUT2D eigenvalue weighted by molar-refractivity contribution is 6.14. The van der Waals surface area contributed by atoms with Crippen LogP contribution < -0.4 is 15.4 Å². The number of nitrogens with zero attached hydrogens (tertiary/aromatic N) is 1. The molecule has 3 rings (SSSR count). The summed E-state index contributed by atoms with van der Waals surface area (Å²) in [5, 5.41) is 14.0. The molecular formula is C23H20F3N3O6. The van der Waals surface area contributed by atoms with Crippen LogP contribution in [0.25, 0.3) is 11.1 Å². The van der Waals surface area contributed by atoms with Gasteiger partial charge in [-0.1, -0.05) is 30.3 Å². The molecule has 1 unspecified atom stereocenters. The van der Waals surface area contributed by atoms with Crippen molar-refractivity contribution in [1.82, 2.24) is 15.5 Å². The Bertz CT molecular complexity index is 1160. The van der Waals surface area contributed by atoms with Gasteiger partial charge in [-0.2, -0.15) is 0 Å². The summed E-state index contributed by atoms with van der Waals surface area (Å²) in [4.78, 5) is 49.2. The van der Waals surface area contributed by atoms with Crippen LogP contribution in [0.2, 0.25) is 0 Å². The zero-order valence-corrected chi connectivity index (χ0v) is 18.2. The van der Waals surface area contributed by atoms with Crippen molar-refractivity contribution in [2.24, 2.45) is 0 Å². The van der Waals surface area contributed by atoms with Crippen molar-refractivity contribution in [2.75, 3.05) is 7.05 Å². The van der Waals surface area contributed by atoms with E-state index < -0.39 is 54.3 Å². The molecule has 9 nitrogen and oxygen atoms in total. The predicted molar refractivity (Wildman–Crippen MR) is 116 cm³/mol. The molecule has 0 radical (unpaired) electrons. The lowest BCUT2D eigenvalue weighted by molar-refractivity contribution is -0.274. The standard InChI is InChI=1S/C23H20F3N3O6/c1-29-10-9-18(30)20(21(29)33)28-22(34)27-17(12-19(31)32)15-4-2-3-14(11-15)13-5-7-16(8-6-13)35-23(24,25)26/h2-11,17,20H,12H2,1H3,(H,31,32)(H2,27,28,34)/t17-,20?/m0/s1. The van der Waals surface area contributed by atoms with Crippen LogP contribution in [-0.4, -0.2) is 53.1 Å². The molecule has 12 heteroatoms. The van der Waals surface area contributed by atoms with E-state index in [-0.39, 0.29) is 0 Å². The zero-order valence-electron chi connectivity index (χ0n) is 18.2. The minimum Gasteiger partial charge on any atom is -0.481 e. The van der Waals surface area contributed by atoms with Crippen molar-refractivity contribution >= 4 is 23.7 Å². The highest BCUT2D eigenvalue weighted by Gasteiger charge is 2.33. The van der Waals surface area contributed by atoms with E-state index in [4.69, 9.17) is 0 Å². The molecular weight excluding hydrogens is 471 g/mol. The lowest BCUT2D eigenvalue weighted by Gasteiger charge is -2.25. The third kappa shape index (κ3) is 6.82. The molecule has 0 saturated carbocycles. The third-order valence-electron chi connectivity index (χ3n) is 5.01. The molecule has 0 bridgehead atoms. The number of ether oxygens (including phenoxy) is 1. The van der Waals surface area contributed by atoms with Crippen molar-refractivity contribution in [3.8, 4) is 16.9 Å². The van der Waals surface area contributed by atoms with E-state index in [9.17, 15) is 37.5 Å². The van der Waals surface area contributed by atoms with Crippen LogP contribution in [0.1, 0.15) is 18.0 Å². The van der Waals surface area contributed by atoms with Gasteiger partial charge in [0.2, 0.25) is 0 Å². The highest BCUT2D eigenvalue weighted by atomic mass is 19.4. The van der Waals surface area contributed by atoms with Gasteiger partial charge in [0.1, 0.15) is 5.75 Å². The Morgan fingerprint density at radius 2 is 1.80 bits per heavy atom. The summed E-state index contributed by atoms with van der Waals surface area (Å²) in [7, 11) is 1.42. The molecule has 0 saturated heterocycles. The number of likely N-dealkylation sites (N-methyl/N-ethyl adjacent to an activating group) is 1. The summed E-state index contributed by atoms with van der Waals surface area (Å²) in [5.74, 6) is -2.89. The molecule has 3 N–H and O–H groups in total. The van der Waals surface area contributed by atoms with Crippen LogP contribution >= 0.6 is 0 Å². The lowest BCUT2D eigenvalue weighted by atomic mass is 9.98. The molecule has 0 aromatic heterocycles. The van der Waals surface area contributed by atoms with Crippen LogP contribution in [-0.2, 0) is 14.4 Å². The molecule has 0 fully saturated rings. The van der Waals surface area contributed by atoms with Crippen LogP contribution in [0, 0.1) is 0 Å². The third-order valence-corrected chi connectivity index (χ3v) is 5.01. The molecule has 2 atom stereocenters. The summed E-state index contributed by atoms with van der Waals surface area (Å²) in [6.45, 7) is 0.